The van der Waals surface area contributed by atoms with Crippen LogP contribution < -0.4 is 5.32 Å². The molecule has 0 aromatic heterocycles. The van der Waals surface area contributed by atoms with Crippen LogP contribution in [0, 0.1) is 0 Å². The van der Waals surface area contributed by atoms with Crippen molar-refractivity contribution in [2.75, 3.05) is 13.2 Å². The van der Waals surface area contributed by atoms with Crippen LogP contribution in [0.4, 0.5) is 0 Å². The van der Waals surface area contributed by atoms with Crippen molar-refractivity contribution in [1.29, 1.82) is 0 Å². The van der Waals surface area contributed by atoms with Gasteiger partial charge in [-0.05, 0) is 37.4 Å². The van der Waals surface area contributed by atoms with Crippen molar-refractivity contribution in [3.8, 4) is 0 Å². The Labute approximate surface area is 109 Å². The maximum atomic E-state index is 11.8. The van der Waals surface area contributed by atoms with Crippen molar-refractivity contribution in [3.05, 3.63) is 35.4 Å². The van der Waals surface area contributed by atoms with Gasteiger partial charge in [-0.25, -0.2) is 0 Å². The molecule has 0 unspecified atom stereocenters. The molecule has 1 aromatic rings. The lowest BCUT2D eigenvalue weighted by atomic mass is 9.91. The van der Waals surface area contributed by atoms with Crippen molar-refractivity contribution >= 4 is 5.97 Å². The number of esters is 1. The van der Waals surface area contributed by atoms with Crippen LogP contribution in [-0.4, -0.2) is 24.7 Å². The summed E-state index contributed by atoms with van der Waals surface area (Å²) in [7, 11) is 0. The van der Waals surface area contributed by atoms with Crippen LogP contribution in [0.5, 0.6) is 0 Å². The molecule has 0 saturated carbocycles. The zero-order chi connectivity index (χ0) is 13.0. The summed E-state index contributed by atoms with van der Waals surface area (Å²) in [5.41, 5.74) is 2.55. The summed E-state index contributed by atoms with van der Waals surface area (Å²) in [6.07, 6.45) is 2.27. The topological polar surface area (TPSA) is 38.3 Å². The molecular weight excluding hydrogens is 226 g/mol. The van der Waals surface area contributed by atoms with Gasteiger partial charge in [0.05, 0.1) is 13.0 Å². The summed E-state index contributed by atoms with van der Waals surface area (Å²) in [6.45, 7) is 5.25. The van der Waals surface area contributed by atoms with E-state index in [0.29, 0.717) is 13.0 Å². The van der Waals surface area contributed by atoms with Gasteiger partial charge in [0.15, 0.2) is 0 Å². The van der Waals surface area contributed by atoms with E-state index in [9.17, 15) is 4.79 Å². The highest BCUT2D eigenvalue weighted by Gasteiger charge is 2.38. The first-order valence-electron chi connectivity index (χ1n) is 6.66. The fourth-order valence-corrected chi connectivity index (χ4v) is 2.87. The molecule has 0 amide bonds. The summed E-state index contributed by atoms with van der Waals surface area (Å²) in [5.74, 6) is -0.105. The van der Waals surface area contributed by atoms with E-state index in [1.165, 1.54) is 11.1 Å². The number of ether oxygens (including phenoxy) is 1. The summed E-state index contributed by atoms with van der Waals surface area (Å²) < 4.78 is 5.10. The van der Waals surface area contributed by atoms with E-state index in [-0.39, 0.29) is 11.5 Å². The summed E-state index contributed by atoms with van der Waals surface area (Å²) in [5, 5.41) is 3.49. The highest BCUT2D eigenvalue weighted by Crippen LogP contribution is 2.32. The molecule has 3 heteroatoms. The molecule has 18 heavy (non-hydrogen) atoms. The molecule has 0 heterocycles. The molecule has 0 spiro atoms. The van der Waals surface area contributed by atoms with E-state index in [0.717, 1.165) is 19.4 Å². The quantitative estimate of drug-likeness (QED) is 0.810. The molecule has 0 atom stereocenters. The van der Waals surface area contributed by atoms with Crippen LogP contribution in [0.3, 0.4) is 0 Å². The summed E-state index contributed by atoms with van der Waals surface area (Å²) in [6, 6.07) is 8.43. The minimum atomic E-state index is -0.148. The van der Waals surface area contributed by atoms with E-state index < -0.39 is 0 Å². The largest absolute Gasteiger partial charge is 0.466 e. The molecule has 1 aliphatic rings. The number of carbonyl (C=O) groups excluding carboxylic acids is 1. The average molecular weight is 247 g/mol. The van der Waals surface area contributed by atoms with Crippen LogP contribution >= 0.6 is 0 Å². The van der Waals surface area contributed by atoms with Gasteiger partial charge < -0.3 is 10.1 Å². The average Bonchev–Trinajstić information content (AvgIpc) is 2.67. The van der Waals surface area contributed by atoms with Gasteiger partial charge in [-0.1, -0.05) is 31.2 Å². The van der Waals surface area contributed by atoms with Gasteiger partial charge in [-0.2, -0.15) is 0 Å². The number of hydrogen-bond acceptors (Lipinski definition) is 3. The normalized spacial score (nSPS) is 16.3. The molecule has 3 nitrogen and oxygen atoms in total. The third kappa shape index (κ3) is 2.72. The second-order valence-corrected chi connectivity index (χ2v) is 4.91. The first-order chi connectivity index (χ1) is 8.69. The lowest BCUT2D eigenvalue weighted by Gasteiger charge is -2.29. The molecule has 98 valence electrons. The van der Waals surface area contributed by atoms with E-state index >= 15 is 0 Å². The maximum Gasteiger partial charge on any atom is 0.307 e. The predicted molar refractivity (Wildman–Crippen MR) is 71.5 cm³/mol. The van der Waals surface area contributed by atoms with Crippen LogP contribution in [0.1, 0.15) is 31.4 Å². The highest BCUT2D eigenvalue weighted by atomic mass is 16.5. The minimum absolute atomic E-state index is 0.105. The van der Waals surface area contributed by atoms with Crippen molar-refractivity contribution in [2.24, 2.45) is 0 Å². The fourth-order valence-electron chi connectivity index (χ4n) is 2.87. The molecule has 0 fully saturated rings. The predicted octanol–water partition coefficient (Wildman–Crippen LogP) is 2.09. The third-order valence-electron chi connectivity index (χ3n) is 3.52. The fraction of sp³-hybridized carbons (Fsp3) is 0.533. The summed E-state index contributed by atoms with van der Waals surface area (Å²) in [4.78, 5) is 11.8. The molecule has 0 saturated heterocycles. The SMILES string of the molecule is CCNC1(CC(=O)OCC)Cc2ccccc2C1. The van der Waals surface area contributed by atoms with E-state index in [4.69, 9.17) is 4.74 Å². The van der Waals surface area contributed by atoms with Crippen molar-refractivity contribution in [2.45, 2.75) is 38.6 Å². The number of nitrogens with one attached hydrogen (secondary N) is 1. The zero-order valence-electron chi connectivity index (χ0n) is 11.2. The van der Waals surface area contributed by atoms with E-state index in [1.54, 1.807) is 0 Å². The van der Waals surface area contributed by atoms with Gasteiger partial charge >= 0.3 is 5.97 Å². The van der Waals surface area contributed by atoms with Gasteiger partial charge in [0.25, 0.3) is 0 Å². The Bertz CT molecular complexity index is 403. The lowest BCUT2D eigenvalue weighted by Crippen LogP contribution is -2.48. The number of benzene rings is 1. The number of likely N-dealkylation sites (N-methyl/N-ethyl adjacent to an activating group) is 1. The Morgan fingerprint density at radius 3 is 2.39 bits per heavy atom. The molecule has 1 aliphatic carbocycles. The zero-order valence-corrected chi connectivity index (χ0v) is 11.2. The Balaban J connectivity index is 2.13. The number of rotatable bonds is 5. The number of hydrogen-bond donors (Lipinski definition) is 1. The van der Waals surface area contributed by atoms with Gasteiger partial charge in [-0.3, -0.25) is 4.79 Å². The molecular formula is C15H21NO2. The summed E-state index contributed by atoms with van der Waals surface area (Å²) >= 11 is 0. The van der Waals surface area contributed by atoms with Crippen LogP contribution in [0.15, 0.2) is 24.3 Å². The van der Waals surface area contributed by atoms with E-state index in [1.807, 2.05) is 6.92 Å². The Hall–Kier alpha value is -1.35. The monoisotopic (exact) mass is 247 g/mol. The number of fused-ring (bicyclic) bond motifs is 1. The maximum absolute atomic E-state index is 11.8. The molecule has 0 bridgehead atoms. The van der Waals surface area contributed by atoms with Crippen LogP contribution in [-0.2, 0) is 22.4 Å². The van der Waals surface area contributed by atoms with Crippen LogP contribution in [0.25, 0.3) is 0 Å². The molecule has 1 N–H and O–H groups in total. The lowest BCUT2D eigenvalue weighted by molar-refractivity contribution is -0.144. The smallest absolute Gasteiger partial charge is 0.307 e. The van der Waals surface area contributed by atoms with E-state index in [2.05, 4.69) is 36.5 Å². The van der Waals surface area contributed by atoms with Gasteiger partial charge in [0.2, 0.25) is 0 Å². The van der Waals surface area contributed by atoms with Crippen molar-refractivity contribution in [3.63, 3.8) is 0 Å². The minimum Gasteiger partial charge on any atom is -0.466 e. The first-order valence-corrected chi connectivity index (χ1v) is 6.66. The Morgan fingerprint density at radius 1 is 1.28 bits per heavy atom. The van der Waals surface area contributed by atoms with Crippen molar-refractivity contribution < 1.29 is 9.53 Å². The standard InChI is InChI=1S/C15H21NO2/c1-3-16-15(11-14(17)18-4-2)9-12-7-5-6-8-13(12)10-15/h5-8,16H,3-4,9-11H2,1-2H3. The number of carbonyl (C=O) groups is 1. The molecule has 0 aliphatic heterocycles. The first kappa shape index (κ1) is 13.1. The molecule has 2 rings (SSSR count). The highest BCUT2D eigenvalue weighted by molar-refractivity contribution is 5.71. The Kier molecular flexibility index (Phi) is 4.02. The molecule has 1 aromatic carbocycles. The van der Waals surface area contributed by atoms with Gasteiger partial charge in [-0.15, -0.1) is 0 Å². The Morgan fingerprint density at radius 2 is 1.89 bits per heavy atom. The second-order valence-electron chi connectivity index (χ2n) is 4.91. The van der Waals surface area contributed by atoms with Gasteiger partial charge in [0.1, 0.15) is 0 Å². The van der Waals surface area contributed by atoms with Crippen LogP contribution in [0.2, 0.25) is 0 Å². The van der Waals surface area contributed by atoms with Gasteiger partial charge in [0, 0.05) is 5.54 Å². The third-order valence-corrected chi connectivity index (χ3v) is 3.52. The van der Waals surface area contributed by atoms with Crippen molar-refractivity contribution in [1.82, 2.24) is 5.32 Å². The second kappa shape index (κ2) is 5.53. The molecule has 0 radical (unpaired) electrons.